The number of hydrazine groups is 1. The zero-order valence-electron chi connectivity index (χ0n) is 13.3. The first-order chi connectivity index (χ1) is 11.1. The molecule has 1 aromatic carbocycles. The standard InChI is InChI=1S/C16H23N3O2S2/c1-12-5-2-3-6-13(12)10-23-11-15(20)18-19-16(22)17-9-14-7-4-8-21-14/h2-3,5-6,14H,4,7-11H2,1H3,(H,18,20)(H2,17,19,22)/t14-/m1/s1. The van der Waals surface area contributed by atoms with E-state index in [1.54, 1.807) is 11.8 Å². The van der Waals surface area contributed by atoms with E-state index in [4.69, 9.17) is 17.0 Å². The summed E-state index contributed by atoms with van der Waals surface area (Å²) in [7, 11) is 0. The fraction of sp³-hybridized carbons (Fsp3) is 0.500. The average molecular weight is 354 g/mol. The molecular formula is C16H23N3O2S2. The van der Waals surface area contributed by atoms with E-state index in [9.17, 15) is 4.79 Å². The van der Waals surface area contributed by atoms with E-state index in [1.165, 1.54) is 11.1 Å². The third-order valence-electron chi connectivity index (χ3n) is 3.58. The molecule has 0 aromatic heterocycles. The molecule has 0 bridgehead atoms. The lowest BCUT2D eigenvalue weighted by molar-refractivity contribution is -0.119. The van der Waals surface area contributed by atoms with Crippen LogP contribution >= 0.6 is 24.0 Å². The molecule has 5 nitrogen and oxygen atoms in total. The first-order valence-electron chi connectivity index (χ1n) is 7.71. The summed E-state index contributed by atoms with van der Waals surface area (Å²) in [4.78, 5) is 11.8. The average Bonchev–Trinajstić information content (AvgIpc) is 3.06. The highest BCUT2D eigenvalue weighted by Crippen LogP contribution is 2.15. The molecule has 0 saturated carbocycles. The van der Waals surface area contributed by atoms with E-state index in [0.29, 0.717) is 17.4 Å². The van der Waals surface area contributed by atoms with Gasteiger partial charge in [-0.05, 0) is 43.1 Å². The van der Waals surface area contributed by atoms with Crippen molar-refractivity contribution in [1.29, 1.82) is 0 Å². The highest BCUT2D eigenvalue weighted by molar-refractivity contribution is 7.99. The fourth-order valence-corrected chi connectivity index (χ4v) is 3.28. The summed E-state index contributed by atoms with van der Waals surface area (Å²) in [5.41, 5.74) is 7.83. The predicted molar refractivity (Wildman–Crippen MR) is 98.2 cm³/mol. The van der Waals surface area contributed by atoms with Gasteiger partial charge in [0.15, 0.2) is 5.11 Å². The topological polar surface area (TPSA) is 62.4 Å². The molecular weight excluding hydrogens is 330 g/mol. The molecule has 1 atom stereocenters. The Labute approximate surface area is 146 Å². The van der Waals surface area contributed by atoms with E-state index < -0.39 is 0 Å². The molecule has 1 aliphatic rings. The number of rotatable bonds is 6. The first-order valence-corrected chi connectivity index (χ1v) is 9.28. The monoisotopic (exact) mass is 353 g/mol. The molecule has 1 saturated heterocycles. The summed E-state index contributed by atoms with van der Waals surface area (Å²) in [6, 6.07) is 8.20. The molecule has 1 aliphatic heterocycles. The van der Waals surface area contributed by atoms with E-state index >= 15 is 0 Å². The van der Waals surface area contributed by atoms with Gasteiger partial charge in [-0.25, -0.2) is 0 Å². The van der Waals surface area contributed by atoms with Crippen LogP contribution in [0.25, 0.3) is 0 Å². The second-order valence-corrected chi connectivity index (χ2v) is 6.83. The van der Waals surface area contributed by atoms with Gasteiger partial charge in [-0.2, -0.15) is 0 Å². The Kier molecular flexibility index (Phi) is 7.64. The van der Waals surface area contributed by atoms with Crippen LogP contribution in [-0.4, -0.2) is 36.0 Å². The maximum absolute atomic E-state index is 11.8. The zero-order valence-corrected chi connectivity index (χ0v) is 14.9. The van der Waals surface area contributed by atoms with Gasteiger partial charge in [0.25, 0.3) is 0 Å². The molecule has 1 heterocycles. The van der Waals surface area contributed by atoms with Crippen molar-refractivity contribution in [1.82, 2.24) is 16.2 Å². The highest BCUT2D eigenvalue weighted by Gasteiger charge is 2.15. The molecule has 0 radical (unpaired) electrons. The smallest absolute Gasteiger partial charge is 0.248 e. The second kappa shape index (κ2) is 9.75. The largest absolute Gasteiger partial charge is 0.376 e. The number of nitrogens with one attached hydrogen (secondary N) is 3. The molecule has 1 fully saturated rings. The van der Waals surface area contributed by atoms with Gasteiger partial charge in [0.05, 0.1) is 11.9 Å². The minimum atomic E-state index is -0.0927. The Balaban J connectivity index is 1.55. The van der Waals surface area contributed by atoms with Crippen molar-refractivity contribution in [3.63, 3.8) is 0 Å². The molecule has 23 heavy (non-hydrogen) atoms. The van der Waals surface area contributed by atoms with Gasteiger partial charge in [0.1, 0.15) is 0 Å². The molecule has 0 spiro atoms. The number of amides is 1. The number of ether oxygens (including phenoxy) is 1. The number of hydrogen-bond acceptors (Lipinski definition) is 4. The number of carbonyl (C=O) groups excluding carboxylic acids is 1. The van der Waals surface area contributed by atoms with Crippen molar-refractivity contribution in [2.45, 2.75) is 31.6 Å². The lowest BCUT2D eigenvalue weighted by Crippen LogP contribution is -2.48. The van der Waals surface area contributed by atoms with Crippen LogP contribution in [0.5, 0.6) is 0 Å². The van der Waals surface area contributed by atoms with Crippen LogP contribution in [0.15, 0.2) is 24.3 Å². The summed E-state index contributed by atoms with van der Waals surface area (Å²) >= 11 is 6.69. The number of benzene rings is 1. The number of carbonyl (C=O) groups is 1. The fourth-order valence-electron chi connectivity index (χ4n) is 2.24. The van der Waals surface area contributed by atoms with Crippen molar-refractivity contribution >= 4 is 35.0 Å². The van der Waals surface area contributed by atoms with Gasteiger partial charge < -0.3 is 10.1 Å². The predicted octanol–water partition coefficient (Wildman–Crippen LogP) is 1.90. The molecule has 0 unspecified atom stereocenters. The summed E-state index contributed by atoms with van der Waals surface area (Å²) in [5, 5.41) is 3.46. The third kappa shape index (κ3) is 6.76. The number of thiocarbonyl (C=S) groups is 1. The normalized spacial score (nSPS) is 16.8. The summed E-state index contributed by atoms with van der Waals surface area (Å²) in [5.74, 6) is 1.11. The van der Waals surface area contributed by atoms with Crippen molar-refractivity contribution in [2.24, 2.45) is 0 Å². The zero-order chi connectivity index (χ0) is 16.5. The highest BCUT2D eigenvalue weighted by atomic mass is 32.2. The molecule has 7 heteroatoms. The molecule has 3 N–H and O–H groups in total. The van der Waals surface area contributed by atoms with E-state index in [0.717, 1.165) is 25.2 Å². The third-order valence-corrected chi connectivity index (χ3v) is 4.81. The maximum atomic E-state index is 11.8. The second-order valence-electron chi connectivity index (χ2n) is 5.44. The summed E-state index contributed by atoms with van der Waals surface area (Å²) in [6.07, 6.45) is 2.37. The van der Waals surface area contributed by atoms with Gasteiger partial charge >= 0.3 is 0 Å². The number of aryl methyl sites for hydroxylation is 1. The number of hydrogen-bond donors (Lipinski definition) is 3. The Morgan fingerprint density at radius 2 is 2.22 bits per heavy atom. The van der Waals surface area contributed by atoms with E-state index in [2.05, 4.69) is 35.2 Å². The Hall–Kier alpha value is -1.31. The van der Waals surface area contributed by atoms with Crippen LogP contribution in [0.4, 0.5) is 0 Å². The molecule has 2 rings (SSSR count). The van der Waals surface area contributed by atoms with Gasteiger partial charge in [-0.15, -0.1) is 11.8 Å². The Bertz CT molecular complexity index is 534. The van der Waals surface area contributed by atoms with Gasteiger partial charge in [-0.3, -0.25) is 15.6 Å². The minimum Gasteiger partial charge on any atom is -0.376 e. The lowest BCUT2D eigenvalue weighted by Gasteiger charge is -2.14. The first kappa shape index (κ1) is 18.0. The van der Waals surface area contributed by atoms with E-state index in [1.807, 2.05) is 12.1 Å². The van der Waals surface area contributed by atoms with Crippen LogP contribution in [0.1, 0.15) is 24.0 Å². The Morgan fingerprint density at radius 3 is 2.96 bits per heavy atom. The molecule has 1 amide bonds. The summed E-state index contributed by atoms with van der Waals surface area (Å²) < 4.78 is 5.49. The molecule has 1 aromatic rings. The maximum Gasteiger partial charge on any atom is 0.248 e. The van der Waals surface area contributed by atoms with Crippen LogP contribution in [0.2, 0.25) is 0 Å². The van der Waals surface area contributed by atoms with Crippen molar-refractivity contribution in [3.8, 4) is 0 Å². The van der Waals surface area contributed by atoms with Gasteiger partial charge in [-0.1, -0.05) is 24.3 Å². The van der Waals surface area contributed by atoms with Crippen molar-refractivity contribution in [3.05, 3.63) is 35.4 Å². The van der Waals surface area contributed by atoms with Crippen LogP contribution in [-0.2, 0) is 15.3 Å². The molecule has 0 aliphatic carbocycles. The van der Waals surface area contributed by atoms with Crippen LogP contribution < -0.4 is 16.2 Å². The van der Waals surface area contributed by atoms with Crippen LogP contribution in [0.3, 0.4) is 0 Å². The number of thioether (sulfide) groups is 1. The van der Waals surface area contributed by atoms with Gasteiger partial charge in [0.2, 0.25) is 5.91 Å². The van der Waals surface area contributed by atoms with Crippen LogP contribution in [0, 0.1) is 6.92 Å². The Morgan fingerprint density at radius 1 is 1.39 bits per heavy atom. The summed E-state index contributed by atoms with van der Waals surface area (Å²) in [6.45, 7) is 3.57. The SMILES string of the molecule is Cc1ccccc1CSCC(=O)NNC(=S)NC[C@H]1CCCO1. The van der Waals surface area contributed by atoms with Gasteiger partial charge in [0, 0.05) is 18.9 Å². The molecule has 126 valence electrons. The van der Waals surface area contributed by atoms with Crippen molar-refractivity contribution < 1.29 is 9.53 Å². The lowest BCUT2D eigenvalue weighted by atomic mass is 10.1. The van der Waals surface area contributed by atoms with Crippen molar-refractivity contribution in [2.75, 3.05) is 18.9 Å². The minimum absolute atomic E-state index is 0.0927. The van der Waals surface area contributed by atoms with E-state index in [-0.39, 0.29) is 12.0 Å². The quantitative estimate of drug-likeness (QED) is 0.536.